The van der Waals surface area contributed by atoms with Crippen LogP contribution in [0.2, 0.25) is 0 Å². The van der Waals surface area contributed by atoms with Crippen molar-refractivity contribution in [1.29, 1.82) is 0 Å². The molecule has 0 unspecified atom stereocenters. The van der Waals surface area contributed by atoms with Crippen molar-refractivity contribution in [2.24, 2.45) is 0 Å². The fourth-order valence-electron chi connectivity index (χ4n) is 1.45. The van der Waals surface area contributed by atoms with Gasteiger partial charge in [-0.05, 0) is 12.8 Å². The molecule has 16 heavy (non-hydrogen) atoms. The van der Waals surface area contributed by atoms with Crippen LogP contribution in [0.1, 0.15) is 12.8 Å². The van der Waals surface area contributed by atoms with Crippen LogP contribution in [0, 0.1) is 0 Å². The number of amides is 2. The summed E-state index contributed by atoms with van der Waals surface area (Å²) < 4.78 is 0. The fourth-order valence-corrected chi connectivity index (χ4v) is 1.45. The lowest BCUT2D eigenvalue weighted by atomic mass is 10.1. The minimum absolute atomic E-state index is 0.312. The average Bonchev–Trinajstić information content (AvgIpc) is 2.26. The molecule has 1 atom stereocenters. The van der Waals surface area contributed by atoms with Gasteiger partial charge in [-0.2, -0.15) is 0 Å². The Bertz CT molecular complexity index is 263. The highest BCUT2D eigenvalue weighted by Crippen LogP contribution is 2.09. The topological polar surface area (TPSA) is 110 Å². The third-order valence-corrected chi connectivity index (χ3v) is 2.48. The average molecular weight is 232 g/mol. The normalized spacial score (nSPS) is 19.2. The van der Waals surface area contributed by atoms with E-state index in [2.05, 4.69) is 5.32 Å². The number of carboxylic acids is 1. The summed E-state index contributed by atoms with van der Waals surface area (Å²) in [4.78, 5) is 23.2. The van der Waals surface area contributed by atoms with E-state index in [4.69, 9.17) is 10.2 Å². The van der Waals surface area contributed by atoms with Crippen molar-refractivity contribution >= 4 is 12.0 Å². The Morgan fingerprint density at radius 2 is 1.94 bits per heavy atom. The Morgan fingerprint density at radius 3 is 2.44 bits per heavy atom. The number of hydrogen-bond acceptors (Lipinski definition) is 4. The van der Waals surface area contributed by atoms with Gasteiger partial charge in [-0.3, -0.25) is 0 Å². The minimum atomic E-state index is -1.58. The van der Waals surface area contributed by atoms with Crippen molar-refractivity contribution in [3.8, 4) is 0 Å². The number of nitrogens with one attached hydrogen (secondary N) is 1. The number of nitrogens with zero attached hydrogens (tertiary/aromatic N) is 1. The van der Waals surface area contributed by atoms with Gasteiger partial charge < -0.3 is 25.5 Å². The zero-order valence-corrected chi connectivity index (χ0v) is 8.80. The second-order valence-corrected chi connectivity index (χ2v) is 3.76. The Balaban J connectivity index is 2.27. The number of carbonyl (C=O) groups is 2. The van der Waals surface area contributed by atoms with E-state index in [1.165, 1.54) is 4.90 Å². The fraction of sp³-hybridized carbons (Fsp3) is 0.778. The molecule has 0 aromatic rings. The van der Waals surface area contributed by atoms with E-state index in [0.29, 0.717) is 25.9 Å². The monoisotopic (exact) mass is 232 g/mol. The van der Waals surface area contributed by atoms with Gasteiger partial charge in [0.15, 0.2) is 6.10 Å². The number of carbonyl (C=O) groups excluding carboxylic acids is 1. The molecule has 1 heterocycles. The van der Waals surface area contributed by atoms with E-state index in [9.17, 15) is 14.7 Å². The molecule has 1 aliphatic heterocycles. The third-order valence-electron chi connectivity index (χ3n) is 2.48. The maximum atomic E-state index is 11.5. The van der Waals surface area contributed by atoms with Crippen LogP contribution < -0.4 is 5.32 Å². The number of aliphatic hydroxyl groups is 2. The summed E-state index contributed by atoms with van der Waals surface area (Å²) in [6, 6.07) is -0.410. The highest BCUT2D eigenvalue weighted by molar-refractivity contribution is 5.76. The lowest BCUT2D eigenvalue weighted by Crippen LogP contribution is -2.48. The van der Waals surface area contributed by atoms with Crippen LogP contribution in [0.4, 0.5) is 4.79 Å². The number of aliphatic hydroxyl groups excluding tert-OH is 2. The first kappa shape index (κ1) is 12.7. The van der Waals surface area contributed by atoms with Crippen LogP contribution in [0.25, 0.3) is 0 Å². The van der Waals surface area contributed by atoms with Gasteiger partial charge in [-0.25, -0.2) is 9.59 Å². The Kier molecular flexibility index (Phi) is 4.51. The van der Waals surface area contributed by atoms with Gasteiger partial charge in [0, 0.05) is 13.1 Å². The third kappa shape index (κ3) is 3.67. The van der Waals surface area contributed by atoms with Crippen LogP contribution in [0.15, 0.2) is 0 Å². The first-order valence-electron chi connectivity index (χ1n) is 5.12. The molecule has 1 rings (SSSR count). The number of likely N-dealkylation sites (tertiary alicyclic amines) is 1. The summed E-state index contributed by atoms with van der Waals surface area (Å²) >= 11 is 0. The Labute approximate surface area is 92.7 Å². The molecule has 1 aliphatic rings. The van der Waals surface area contributed by atoms with E-state index < -0.39 is 18.1 Å². The van der Waals surface area contributed by atoms with Crippen molar-refractivity contribution < 1.29 is 24.9 Å². The summed E-state index contributed by atoms with van der Waals surface area (Å²) in [5, 5.41) is 28.9. The summed E-state index contributed by atoms with van der Waals surface area (Å²) in [6.07, 6.45) is -0.905. The van der Waals surface area contributed by atoms with Gasteiger partial charge in [0.25, 0.3) is 0 Å². The maximum absolute atomic E-state index is 11.5. The smallest absolute Gasteiger partial charge is 0.334 e. The standard InChI is InChI=1S/C9H16N2O5/c12-6-1-3-11(4-2-6)9(16)10-5-7(13)8(14)15/h6-7,12-13H,1-5H2,(H,10,16)(H,14,15)/t7-/m0/s1. The molecule has 2 amide bonds. The van der Waals surface area contributed by atoms with E-state index in [0.717, 1.165) is 0 Å². The molecule has 92 valence electrons. The number of urea groups is 1. The number of carboxylic acid groups (broad SMARTS) is 1. The summed E-state index contributed by atoms with van der Waals surface area (Å²) in [6.45, 7) is 0.569. The lowest BCUT2D eigenvalue weighted by Gasteiger charge is -2.29. The van der Waals surface area contributed by atoms with Crippen molar-refractivity contribution in [3.63, 3.8) is 0 Å². The predicted molar refractivity (Wildman–Crippen MR) is 53.9 cm³/mol. The summed E-state index contributed by atoms with van der Waals surface area (Å²) in [5.41, 5.74) is 0. The molecule has 0 spiro atoms. The number of piperidine rings is 1. The maximum Gasteiger partial charge on any atom is 0.334 e. The van der Waals surface area contributed by atoms with Crippen molar-refractivity contribution in [2.75, 3.05) is 19.6 Å². The van der Waals surface area contributed by atoms with Crippen molar-refractivity contribution in [3.05, 3.63) is 0 Å². The largest absolute Gasteiger partial charge is 0.479 e. The molecule has 7 nitrogen and oxygen atoms in total. The molecule has 0 radical (unpaired) electrons. The van der Waals surface area contributed by atoms with E-state index in [-0.39, 0.29) is 12.6 Å². The molecule has 0 aromatic heterocycles. The SMILES string of the molecule is O=C(O)[C@@H](O)CNC(=O)N1CCC(O)CC1. The molecule has 0 aromatic carbocycles. The first-order chi connectivity index (χ1) is 7.50. The van der Waals surface area contributed by atoms with Crippen molar-refractivity contribution in [1.82, 2.24) is 10.2 Å². The first-order valence-corrected chi connectivity index (χ1v) is 5.12. The number of hydrogen-bond donors (Lipinski definition) is 4. The molecule has 1 saturated heterocycles. The van der Waals surface area contributed by atoms with Gasteiger partial charge in [-0.1, -0.05) is 0 Å². The van der Waals surface area contributed by atoms with Crippen LogP contribution in [0.5, 0.6) is 0 Å². The predicted octanol–water partition coefficient (Wildman–Crippen LogP) is -1.40. The zero-order valence-electron chi connectivity index (χ0n) is 8.80. The van der Waals surface area contributed by atoms with Gasteiger partial charge in [0.05, 0.1) is 12.6 Å². The van der Waals surface area contributed by atoms with Crippen LogP contribution in [0.3, 0.4) is 0 Å². The van der Waals surface area contributed by atoms with E-state index in [1.807, 2.05) is 0 Å². The highest BCUT2D eigenvalue weighted by Gasteiger charge is 2.22. The second-order valence-electron chi connectivity index (χ2n) is 3.76. The minimum Gasteiger partial charge on any atom is -0.479 e. The second kappa shape index (κ2) is 5.66. The molecule has 4 N–H and O–H groups in total. The molecular weight excluding hydrogens is 216 g/mol. The van der Waals surface area contributed by atoms with E-state index >= 15 is 0 Å². The van der Waals surface area contributed by atoms with Gasteiger partial charge in [0.2, 0.25) is 0 Å². The van der Waals surface area contributed by atoms with E-state index in [1.54, 1.807) is 0 Å². The molecule has 0 aliphatic carbocycles. The Hall–Kier alpha value is -1.34. The lowest BCUT2D eigenvalue weighted by molar-refractivity contribution is -0.146. The summed E-state index contributed by atoms with van der Waals surface area (Å²) in [7, 11) is 0. The quantitative estimate of drug-likeness (QED) is 0.478. The molecule has 0 bridgehead atoms. The molecule has 1 fully saturated rings. The van der Waals surface area contributed by atoms with Crippen LogP contribution in [-0.4, -0.2) is 64.1 Å². The van der Waals surface area contributed by atoms with Crippen molar-refractivity contribution in [2.45, 2.75) is 25.0 Å². The number of rotatable bonds is 3. The molecule has 7 heteroatoms. The van der Waals surface area contributed by atoms with Gasteiger partial charge in [0.1, 0.15) is 0 Å². The molecule has 0 saturated carbocycles. The number of aliphatic carboxylic acids is 1. The van der Waals surface area contributed by atoms with Crippen LogP contribution >= 0.6 is 0 Å². The zero-order chi connectivity index (χ0) is 12.1. The molecular formula is C9H16N2O5. The Morgan fingerprint density at radius 1 is 1.38 bits per heavy atom. The van der Waals surface area contributed by atoms with Gasteiger partial charge in [-0.15, -0.1) is 0 Å². The van der Waals surface area contributed by atoms with Crippen LogP contribution in [-0.2, 0) is 4.79 Å². The van der Waals surface area contributed by atoms with Gasteiger partial charge >= 0.3 is 12.0 Å². The summed E-state index contributed by atoms with van der Waals surface area (Å²) in [5.74, 6) is -1.37. The highest BCUT2D eigenvalue weighted by atomic mass is 16.4.